The van der Waals surface area contributed by atoms with E-state index in [2.05, 4.69) is 5.32 Å². The van der Waals surface area contributed by atoms with Crippen LogP contribution in [0.15, 0.2) is 66.9 Å². The second-order valence-electron chi connectivity index (χ2n) is 3.69. The topological polar surface area (TPSA) is 55.2 Å². The maximum absolute atomic E-state index is 10.7. The Bertz CT molecular complexity index is 551. The van der Waals surface area contributed by atoms with Gasteiger partial charge in [-0.2, -0.15) is 0 Å². The molecule has 0 saturated carbocycles. The van der Waals surface area contributed by atoms with Gasteiger partial charge in [-0.05, 0) is 12.1 Å². The third-order valence-corrected chi connectivity index (χ3v) is 2.37. The van der Waals surface area contributed by atoms with Crippen molar-refractivity contribution >= 4 is 11.4 Å². The van der Waals surface area contributed by atoms with Gasteiger partial charge in [0.05, 0.1) is 4.92 Å². The normalized spacial score (nSPS) is 11.0. The molecule has 18 heavy (non-hydrogen) atoms. The van der Waals surface area contributed by atoms with Crippen molar-refractivity contribution in [3.05, 3.63) is 82.5 Å². The standard InChI is InChI=1S/C14H12N2O2/c17-16(18)11-14(12-7-3-1-4-8-12)15-13-9-5-2-6-10-13/h1-11,15H/b14-11-. The van der Waals surface area contributed by atoms with Gasteiger partial charge in [0.1, 0.15) is 5.70 Å². The third-order valence-electron chi connectivity index (χ3n) is 2.37. The maximum atomic E-state index is 10.7. The summed E-state index contributed by atoms with van der Waals surface area (Å²) in [6.07, 6.45) is 0.975. The molecule has 2 aromatic carbocycles. The van der Waals surface area contributed by atoms with Crippen molar-refractivity contribution in [2.75, 3.05) is 5.32 Å². The SMILES string of the molecule is O=[N+]([O-])/C=C(\Nc1ccccc1)c1ccccc1. The quantitative estimate of drug-likeness (QED) is 0.658. The summed E-state index contributed by atoms with van der Waals surface area (Å²) in [5.41, 5.74) is 2.05. The molecule has 0 spiro atoms. The van der Waals surface area contributed by atoms with Crippen LogP contribution in [0.2, 0.25) is 0 Å². The number of anilines is 1. The summed E-state index contributed by atoms with van der Waals surface area (Å²) in [5, 5.41) is 13.7. The first-order chi connectivity index (χ1) is 8.75. The predicted octanol–water partition coefficient (Wildman–Crippen LogP) is 3.37. The van der Waals surface area contributed by atoms with E-state index in [1.807, 2.05) is 60.7 Å². The molecule has 0 aliphatic heterocycles. The molecule has 4 nitrogen and oxygen atoms in total. The highest BCUT2D eigenvalue weighted by molar-refractivity contribution is 5.75. The van der Waals surface area contributed by atoms with Gasteiger partial charge >= 0.3 is 0 Å². The Morgan fingerprint density at radius 3 is 2.11 bits per heavy atom. The van der Waals surface area contributed by atoms with Gasteiger partial charge in [-0.15, -0.1) is 0 Å². The van der Waals surface area contributed by atoms with Gasteiger partial charge in [0.15, 0.2) is 0 Å². The number of nitrogens with zero attached hydrogens (tertiary/aromatic N) is 1. The average molecular weight is 240 g/mol. The van der Waals surface area contributed by atoms with Crippen LogP contribution in [0.4, 0.5) is 5.69 Å². The Morgan fingerprint density at radius 2 is 1.56 bits per heavy atom. The van der Waals surface area contributed by atoms with Crippen LogP contribution in [-0.4, -0.2) is 4.92 Å². The molecule has 2 aromatic rings. The highest BCUT2D eigenvalue weighted by Gasteiger charge is 2.06. The largest absolute Gasteiger partial charge is 0.350 e. The summed E-state index contributed by atoms with van der Waals surface area (Å²) in [6.45, 7) is 0. The summed E-state index contributed by atoms with van der Waals surface area (Å²) in [4.78, 5) is 10.2. The molecule has 2 rings (SSSR count). The van der Waals surface area contributed by atoms with Gasteiger partial charge < -0.3 is 5.32 Å². The van der Waals surface area contributed by atoms with Crippen LogP contribution in [0.25, 0.3) is 5.70 Å². The van der Waals surface area contributed by atoms with Gasteiger partial charge in [0.2, 0.25) is 0 Å². The van der Waals surface area contributed by atoms with Crippen LogP contribution >= 0.6 is 0 Å². The van der Waals surface area contributed by atoms with Gasteiger partial charge in [-0.1, -0.05) is 48.5 Å². The number of nitro groups is 1. The molecule has 0 unspecified atom stereocenters. The van der Waals surface area contributed by atoms with E-state index in [1.165, 1.54) is 0 Å². The van der Waals surface area contributed by atoms with E-state index in [0.29, 0.717) is 5.70 Å². The summed E-state index contributed by atoms with van der Waals surface area (Å²) in [5.74, 6) is 0. The van der Waals surface area contributed by atoms with Crippen molar-refractivity contribution in [2.45, 2.75) is 0 Å². The summed E-state index contributed by atoms with van der Waals surface area (Å²) in [6, 6.07) is 18.6. The molecule has 4 heteroatoms. The number of para-hydroxylation sites is 1. The molecule has 0 heterocycles. The molecule has 90 valence electrons. The lowest BCUT2D eigenvalue weighted by Crippen LogP contribution is -2.01. The molecular weight excluding hydrogens is 228 g/mol. The first kappa shape index (κ1) is 11.9. The summed E-state index contributed by atoms with van der Waals surface area (Å²) >= 11 is 0. The number of hydrogen-bond donors (Lipinski definition) is 1. The van der Waals surface area contributed by atoms with Crippen molar-refractivity contribution in [3.63, 3.8) is 0 Å². The van der Waals surface area contributed by atoms with Crippen LogP contribution in [0.3, 0.4) is 0 Å². The number of benzene rings is 2. The molecule has 1 N–H and O–H groups in total. The van der Waals surface area contributed by atoms with E-state index in [-0.39, 0.29) is 0 Å². The van der Waals surface area contributed by atoms with Crippen molar-refractivity contribution in [1.29, 1.82) is 0 Å². The molecule has 0 bridgehead atoms. The molecule has 0 fully saturated rings. The third kappa shape index (κ3) is 3.18. The highest BCUT2D eigenvalue weighted by Crippen LogP contribution is 2.17. The minimum absolute atomic E-state index is 0.460. The molecule has 0 radical (unpaired) electrons. The number of nitrogens with one attached hydrogen (secondary N) is 1. The Kier molecular flexibility index (Phi) is 3.71. The van der Waals surface area contributed by atoms with E-state index in [4.69, 9.17) is 0 Å². The zero-order valence-corrected chi connectivity index (χ0v) is 9.61. The van der Waals surface area contributed by atoms with Crippen molar-refractivity contribution in [3.8, 4) is 0 Å². The van der Waals surface area contributed by atoms with Gasteiger partial charge in [0, 0.05) is 11.3 Å². The molecule has 0 aliphatic rings. The molecular formula is C14H12N2O2. The lowest BCUT2D eigenvalue weighted by atomic mass is 10.1. The zero-order valence-electron chi connectivity index (χ0n) is 9.61. The second kappa shape index (κ2) is 5.63. The predicted molar refractivity (Wildman–Crippen MR) is 71.5 cm³/mol. The minimum Gasteiger partial charge on any atom is -0.350 e. The lowest BCUT2D eigenvalue weighted by Gasteiger charge is -2.08. The van der Waals surface area contributed by atoms with Gasteiger partial charge in [0.25, 0.3) is 6.20 Å². The smallest absolute Gasteiger partial charge is 0.258 e. The fourth-order valence-corrected chi connectivity index (χ4v) is 1.58. The maximum Gasteiger partial charge on any atom is 0.258 e. The fraction of sp³-hybridized carbons (Fsp3) is 0. The average Bonchev–Trinajstić information content (AvgIpc) is 2.40. The van der Waals surface area contributed by atoms with E-state index < -0.39 is 4.92 Å². The van der Waals surface area contributed by atoms with Crippen LogP contribution in [0.1, 0.15) is 5.56 Å². The van der Waals surface area contributed by atoms with Crippen LogP contribution in [0.5, 0.6) is 0 Å². The summed E-state index contributed by atoms with van der Waals surface area (Å²) in [7, 11) is 0. The van der Waals surface area contributed by atoms with Crippen LogP contribution < -0.4 is 5.32 Å². The van der Waals surface area contributed by atoms with E-state index >= 15 is 0 Å². The zero-order chi connectivity index (χ0) is 12.8. The Balaban J connectivity index is 2.31. The van der Waals surface area contributed by atoms with Gasteiger partial charge in [-0.25, -0.2) is 0 Å². The van der Waals surface area contributed by atoms with Crippen molar-refractivity contribution in [2.24, 2.45) is 0 Å². The highest BCUT2D eigenvalue weighted by atomic mass is 16.6. The Hall–Kier alpha value is -2.62. The van der Waals surface area contributed by atoms with E-state index in [0.717, 1.165) is 17.5 Å². The molecule has 0 atom stereocenters. The number of hydrogen-bond acceptors (Lipinski definition) is 3. The molecule has 0 saturated heterocycles. The fourth-order valence-electron chi connectivity index (χ4n) is 1.58. The second-order valence-corrected chi connectivity index (χ2v) is 3.69. The minimum atomic E-state index is -0.460. The van der Waals surface area contributed by atoms with Crippen LogP contribution in [0, 0.1) is 10.1 Å². The van der Waals surface area contributed by atoms with Crippen molar-refractivity contribution in [1.82, 2.24) is 0 Å². The van der Waals surface area contributed by atoms with Crippen LogP contribution in [-0.2, 0) is 0 Å². The van der Waals surface area contributed by atoms with E-state index in [1.54, 1.807) is 0 Å². The number of rotatable bonds is 4. The molecule has 0 amide bonds. The lowest BCUT2D eigenvalue weighted by molar-refractivity contribution is -0.401. The Morgan fingerprint density at radius 1 is 1.00 bits per heavy atom. The first-order valence-corrected chi connectivity index (χ1v) is 5.48. The monoisotopic (exact) mass is 240 g/mol. The van der Waals surface area contributed by atoms with E-state index in [9.17, 15) is 10.1 Å². The first-order valence-electron chi connectivity index (χ1n) is 5.48. The van der Waals surface area contributed by atoms with Gasteiger partial charge in [-0.3, -0.25) is 10.1 Å². The molecule has 0 aliphatic carbocycles. The van der Waals surface area contributed by atoms with Crippen molar-refractivity contribution < 1.29 is 4.92 Å². The summed E-state index contributed by atoms with van der Waals surface area (Å²) < 4.78 is 0. The Labute approximate surface area is 105 Å². The molecule has 0 aromatic heterocycles.